The summed E-state index contributed by atoms with van der Waals surface area (Å²) in [6.07, 6.45) is 4.82. The van der Waals surface area contributed by atoms with Crippen LogP contribution in [0.3, 0.4) is 0 Å². The molecule has 1 amide bonds. The number of piperidine rings is 1. The Morgan fingerprint density at radius 2 is 2.00 bits per heavy atom. The second-order valence-corrected chi connectivity index (χ2v) is 11.3. The highest BCUT2D eigenvalue weighted by molar-refractivity contribution is 5.84. The fourth-order valence-corrected chi connectivity index (χ4v) is 7.42. The lowest BCUT2D eigenvalue weighted by molar-refractivity contribution is -0.144. The number of carbonyl (C=O) groups excluding carboxylic acids is 1. The Morgan fingerprint density at radius 1 is 1.18 bits per heavy atom. The zero-order chi connectivity index (χ0) is 23.0. The third-order valence-corrected chi connectivity index (χ3v) is 9.61. The van der Waals surface area contributed by atoms with Crippen LogP contribution in [0.15, 0.2) is 12.3 Å². The summed E-state index contributed by atoms with van der Waals surface area (Å²) in [6, 6.07) is 1.49. The van der Waals surface area contributed by atoms with Crippen LogP contribution in [-0.2, 0) is 23.9 Å². The van der Waals surface area contributed by atoms with Gasteiger partial charge in [-0.1, -0.05) is 6.42 Å². The first kappa shape index (κ1) is 21.8. The highest BCUT2D eigenvalue weighted by Gasteiger charge is 2.59. The lowest BCUT2D eigenvalue weighted by atomic mass is 9.78. The van der Waals surface area contributed by atoms with Crippen LogP contribution in [0.1, 0.15) is 68.2 Å². The quantitative estimate of drug-likeness (QED) is 0.725. The van der Waals surface area contributed by atoms with E-state index in [0.29, 0.717) is 42.7 Å². The van der Waals surface area contributed by atoms with Crippen LogP contribution in [0.5, 0.6) is 0 Å². The van der Waals surface area contributed by atoms with Gasteiger partial charge in [-0.3, -0.25) is 14.7 Å². The van der Waals surface area contributed by atoms with Crippen LogP contribution in [0.2, 0.25) is 0 Å². The second kappa shape index (κ2) is 7.41. The molecule has 4 atom stereocenters. The predicted molar refractivity (Wildman–Crippen MR) is 115 cm³/mol. The average Bonchev–Trinajstić information content (AvgIpc) is 3.30. The lowest BCUT2D eigenvalue weighted by Gasteiger charge is -2.41. The predicted octanol–water partition coefficient (Wildman–Crippen LogP) is 3.78. The van der Waals surface area contributed by atoms with Gasteiger partial charge in [0, 0.05) is 44.0 Å². The molecule has 33 heavy (non-hydrogen) atoms. The molecule has 2 unspecified atom stereocenters. The standard InChI is InChI=1S/C25H32F3N3O2/c26-25(27,28)18-10-16-14-31(8-3-20(16)29-13-18)22(33)24-4-1-2-17(24)11-19(12-24)30-9-7-23(5-6-23)21(32)15-30/h10,13,17,19,21,32H,1-9,11-12,14-15H2/t17-,19?,21?,24-/m1/s1. The SMILES string of the molecule is O=C(N1CCc2ncc(C(F)(F)F)cc2C1)[C@@]12CCC[C@@H]1CC(N1CCC3(CC3)C(O)C1)C2. The average molecular weight is 464 g/mol. The van der Waals surface area contributed by atoms with Crippen LogP contribution < -0.4 is 0 Å². The number of halogens is 3. The molecule has 0 bridgehead atoms. The largest absolute Gasteiger partial charge is 0.417 e. The zero-order valence-electron chi connectivity index (χ0n) is 18.9. The molecule has 1 aromatic rings. The highest BCUT2D eigenvalue weighted by Crippen LogP contribution is 2.58. The number of amides is 1. The van der Waals surface area contributed by atoms with Gasteiger partial charge in [0.05, 0.1) is 17.1 Å². The topological polar surface area (TPSA) is 56.7 Å². The molecule has 3 aliphatic carbocycles. The Morgan fingerprint density at radius 3 is 2.73 bits per heavy atom. The number of rotatable bonds is 2. The fourth-order valence-electron chi connectivity index (χ4n) is 7.42. The van der Waals surface area contributed by atoms with Crippen molar-refractivity contribution in [2.75, 3.05) is 19.6 Å². The molecule has 0 aromatic carbocycles. The number of alkyl halides is 3. The van der Waals surface area contributed by atoms with E-state index in [1.165, 1.54) is 6.07 Å². The maximum atomic E-state index is 13.9. The van der Waals surface area contributed by atoms with Gasteiger partial charge < -0.3 is 10.0 Å². The van der Waals surface area contributed by atoms with E-state index in [0.717, 1.165) is 64.1 Å². The molecular formula is C25H32F3N3O2. The van der Waals surface area contributed by atoms with Crippen molar-refractivity contribution in [3.63, 3.8) is 0 Å². The molecule has 1 N–H and O–H groups in total. The van der Waals surface area contributed by atoms with Crippen molar-refractivity contribution in [1.82, 2.24) is 14.8 Å². The van der Waals surface area contributed by atoms with Crippen molar-refractivity contribution in [3.8, 4) is 0 Å². The smallest absolute Gasteiger partial charge is 0.391 e. The number of pyridine rings is 1. The van der Waals surface area contributed by atoms with Crippen LogP contribution in [0.4, 0.5) is 13.2 Å². The van der Waals surface area contributed by atoms with E-state index in [2.05, 4.69) is 9.88 Å². The van der Waals surface area contributed by atoms with Gasteiger partial charge in [0.2, 0.25) is 5.91 Å². The Balaban J connectivity index is 1.19. The maximum absolute atomic E-state index is 13.9. The number of likely N-dealkylation sites (tertiary alicyclic amines) is 1. The normalized spacial score (nSPS) is 35.5. The van der Waals surface area contributed by atoms with Gasteiger partial charge >= 0.3 is 6.18 Å². The van der Waals surface area contributed by atoms with Crippen LogP contribution >= 0.6 is 0 Å². The number of carbonyl (C=O) groups is 1. The van der Waals surface area contributed by atoms with Crippen molar-refractivity contribution in [3.05, 3.63) is 29.1 Å². The van der Waals surface area contributed by atoms with Crippen LogP contribution in [0.25, 0.3) is 0 Å². The van der Waals surface area contributed by atoms with Gasteiger partial charge in [-0.2, -0.15) is 13.2 Å². The molecule has 5 aliphatic rings. The first-order valence-electron chi connectivity index (χ1n) is 12.5. The van der Waals surface area contributed by atoms with Gasteiger partial charge in [-0.25, -0.2) is 0 Å². The van der Waals surface area contributed by atoms with Gasteiger partial charge in [0.1, 0.15) is 0 Å². The second-order valence-electron chi connectivity index (χ2n) is 11.3. The summed E-state index contributed by atoms with van der Waals surface area (Å²) < 4.78 is 39.6. The number of hydrogen-bond donors (Lipinski definition) is 1. The maximum Gasteiger partial charge on any atom is 0.417 e. The first-order chi connectivity index (χ1) is 15.7. The summed E-state index contributed by atoms with van der Waals surface area (Å²) in [5.74, 6) is 0.469. The number of aromatic nitrogens is 1. The lowest BCUT2D eigenvalue weighted by Crippen LogP contribution is -2.50. The monoisotopic (exact) mass is 463 g/mol. The number of aliphatic hydroxyl groups is 1. The van der Waals surface area contributed by atoms with Gasteiger partial charge in [-0.05, 0) is 74.5 Å². The summed E-state index contributed by atoms with van der Waals surface area (Å²) in [4.78, 5) is 22.2. The van der Waals surface area contributed by atoms with E-state index in [1.807, 2.05) is 0 Å². The molecule has 5 nitrogen and oxygen atoms in total. The Hall–Kier alpha value is -1.67. The fraction of sp³-hybridized carbons (Fsp3) is 0.760. The Labute approximate surface area is 192 Å². The Bertz CT molecular complexity index is 963. The van der Waals surface area contributed by atoms with Crippen molar-refractivity contribution in [1.29, 1.82) is 0 Å². The molecular weight excluding hydrogens is 431 g/mol. The van der Waals surface area contributed by atoms with Crippen LogP contribution in [-0.4, -0.2) is 57.6 Å². The summed E-state index contributed by atoms with van der Waals surface area (Å²) in [7, 11) is 0. The zero-order valence-corrected chi connectivity index (χ0v) is 18.9. The molecule has 3 heterocycles. The molecule has 0 radical (unpaired) electrons. The Kier molecular flexibility index (Phi) is 4.90. The van der Waals surface area contributed by atoms with Crippen molar-refractivity contribution in [2.24, 2.45) is 16.7 Å². The third kappa shape index (κ3) is 3.51. The number of β-amino-alcohol motifs (C(OH)–C–C–N with tert-alkyl or cyclic N) is 1. The number of hydrogen-bond acceptors (Lipinski definition) is 4. The van der Waals surface area contributed by atoms with Crippen molar-refractivity contribution >= 4 is 5.91 Å². The number of nitrogens with zero attached hydrogens (tertiary/aromatic N) is 3. The summed E-state index contributed by atoms with van der Waals surface area (Å²) in [6.45, 7) is 2.45. The van der Waals surface area contributed by atoms with Gasteiger partial charge in [0.15, 0.2) is 0 Å². The van der Waals surface area contributed by atoms with E-state index < -0.39 is 17.2 Å². The highest BCUT2D eigenvalue weighted by atomic mass is 19.4. The third-order valence-electron chi connectivity index (χ3n) is 9.61. The summed E-state index contributed by atoms with van der Waals surface area (Å²) >= 11 is 0. The first-order valence-corrected chi connectivity index (χ1v) is 12.5. The van der Waals surface area contributed by atoms with Crippen LogP contribution in [0, 0.1) is 16.7 Å². The van der Waals surface area contributed by atoms with E-state index in [-0.39, 0.29) is 24.0 Å². The number of aliphatic hydroxyl groups excluding tert-OH is 1. The molecule has 4 fully saturated rings. The van der Waals surface area contributed by atoms with Crippen molar-refractivity contribution < 1.29 is 23.1 Å². The summed E-state index contributed by atoms with van der Waals surface area (Å²) in [5.41, 5.74) is 0.234. The molecule has 1 spiro atoms. The van der Waals surface area contributed by atoms with Crippen molar-refractivity contribution in [2.45, 2.75) is 82.7 Å². The molecule has 2 aliphatic heterocycles. The molecule has 8 heteroatoms. The van der Waals surface area contributed by atoms with Gasteiger partial charge in [0.25, 0.3) is 0 Å². The molecule has 1 aromatic heterocycles. The minimum absolute atomic E-state index is 0.131. The van der Waals surface area contributed by atoms with E-state index in [4.69, 9.17) is 0 Å². The molecule has 1 saturated heterocycles. The van der Waals surface area contributed by atoms with Gasteiger partial charge in [-0.15, -0.1) is 0 Å². The number of fused-ring (bicyclic) bond motifs is 2. The van der Waals surface area contributed by atoms with E-state index in [1.54, 1.807) is 4.90 Å². The molecule has 3 saturated carbocycles. The molecule has 6 rings (SSSR count). The van der Waals surface area contributed by atoms with E-state index in [9.17, 15) is 23.1 Å². The summed E-state index contributed by atoms with van der Waals surface area (Å²) in [5, 5.41) is 10.7. The molecule has 180 valence electrons. The minimum atomic E-state index is -4.43. The van der Waals surface area contributed by atoms with E-state index >= 15 is 0 Å². The minimum Gasteiger partial charge on any atom is -0.391 e.